The maximum Gasteiger partial charge on any atom is 0.338 e. The van der Waals surface area contributed by atoms with Crippen LogP contribution < -0.4 is 9.80 Å². The summed E-state index contributed by atoms with van der Waals surface area (Å²) in [7, 11) is 0. The highest BCUT2D eigenvalue weighted by atomic mass is 16.4. The molecule has 1 unspecified atom stereocenters. The first-order valence-corrected chi connectivity index (χ1v) is 17.8. The normalized spacial score (nSPS) is 23.2. The lowest BCUT2D eigenvalue weighted by Gasteiger charge is -2.44. The molecule has 0 bridgehead atoms. The van der Waals surface area contributed by atoms with Crippen molar-refractivity contribution in [3.05, 3.63) is 58.0 Å². The molecule has 1 amide bonds. The number of aryl methyl sites for hydroxylation is 2. The number of benzene rings is 1. The van der Waals surface area contributed by atoms with Crippen molar-refractivity contribution in [1.29, 1.82) is 5.26 Å². The monoisotopic (exact) mass is 665 g/mol. The van der Waals surface area contributed by atoms with E-state index >= 15 is 0 Å². The van der Waals surface area contributed by atoms with Gasteiger partial charge in [0, 0.05) is 88.5 Å². The quantitative estimate of drug-likeness (QED) is 0.399. The maximum absolute atomic E-state index is 12.5. The number of hydrogen-bond donors (Lipinski definition) is 1. The molecule has 3 aromatic rings. The van der Waals surface area contributed by atoms with Crippen molar-refractivity contribution in [3.8, 4) is 6.07 Å². The third-order valence-corrected chi connectivity index (χ3v) is 11.4. The molecule has 3 atom stereocenters. The molecule has 0 radical (unpaired) electrons. The minimum atomic E-state index is -1.01. The van der Waals surface area contributed by atoms with Gasteiger partial charge in [0.1, 0.15) is 0 Å². The van der Waals surface area contributed by atoms with Crippen LogP contribution in [0.2, 0.25) is 0 Å². The largest absolute Gasteiger partial charge is 0.478 e. The summed E-state index contributed by atoms with van der Waals surface area (Å²) in [4.78, 5) is 41.6. The summed E-state index contributed by atoms with van der Waals surface area (Å²) in [6.45, 7) is 15.3. The average Bonchev–Trinajstić information content (AvgIpc) is 3.48. The number of fused-ring (bicyclic) bond motifs is 2. The lowest BCUT2D eigenvalue weighted by Crippen LogP contribution is -2.50. The number of carbonyl (C=O) groups excluding carboxylic acids is 1. The Kier molecular flexibility index (Phi) is 9.05. The summed E-state index contributed by atoms with van der Waals surface area (Å²) in [5, 5.41) is 24.3. The third kappa shape index (κ3) is 6.36. The van der Waals surface area contributed by atoms with Gasteiger partial charge in [0.2, 0.25) is 11.9 Å². The Morgan fingerprint density at radius 2 is 1.73 bits per heavy atom. The van der Waals surface area contributed by atoms with Crippen LogP contribution in [0, 0.1) is 36.0 Å². The third-order valence-electron chi connectivity index (χ3n) is 11.4. The van der Waals surface area contributed by atoms with Crippen molar-refractivity contribution in [2.24, 2.45) is 17.8 Å². The first-order chi connectivity index (χ1) is 23.6. The van der Waals surface area contributed by atoms with E-state index in [0.29, 0.717) is 36.3 Å². The summed E-state index contributed by atoms with van der Waals surface area (Å²) in [6.07, 6.45) is 7.63. The second kappa shape index (κ2) is 13.4. The molecule has 2 saturated heterocycles. The zero-order valence-electron chi connectivity index (χ0n) is 29.1. The number of rotatable bonds is 6. The van der Waals surface area contributed by atoms with Crippen LogP contribution >= 0.6 is 0 Å². The Bertz CT molecular complexity index is 1760. The van der Waals surface area contributed by atoms with Crippen LogP contribution in [0.25, 0.3) is 0 Å². The van der Waals surface area contributed by atoms with E-state index in [1.807, 2.05) is 11.8 Å². The molecule has 7 rings (SSSR count). The second-order valence-corrected chi connectivity index (χ2v) is 14.7. The molecule has 4 aliphatic rings. The van der Waals surface area contributed by atoms with E-state index in [-0.39, 0.29) is 11.5 Å². The smallest absolute Gasteiger partial charge is 0.338 e. The number of carbonyl (C=O) groups is 2. The highest BCUT2D eigenvalue weighted by Crippen LogP contribution is 2.41. The molecule has 0 spiro atoms. The van der Waals surface area contributed by atoms with Crippen molar-refractivity contribution in [1.82, 2.24) is 29.5 Å². The van der Waals surface area contributed by atoms with Crippen LogP contribution in [0.5, 0.6) is 0 Å². The fourth-order valence-electron chi connectivity index (χ4n) is 8.66. The Hall–Kier alpha value is -4.50. The van der Waals surface area contributed by atoms with Gasteiger partial charge in [-0.05, 0) is 73.6 Å². The van der Waals surface area contributed by atoms with Crippen molar-refractivity contribution < 1.29 is 14.7 Å². The van der Waals surface area contributed by atoms with Gasteiger partial charge in [0.05, 0.1) is 29.8 Å². The van der Waals surface area contributed by atoms with E-state index < -0.39 is 5.97 Å². The zero-order chi connectivity index (χ0) is 34.4. The fraction of sp³-hybridized carbons (Fsp3) is 0.568. The Morgan fingerprint density at radius 3 is 2.39 bits per heavy atom. The molecule has 6 heterocycles. The topological polar surface area (TPSA) is 135 Å². The van der Waals surface area contributed by atoms with E-state index in [0.717, 1.165) is 101 Å². The summed E-state index contributed by atoms with van der Waals surface area (Å²) in [6, 6.07) is 6.87. The first-order valence-electron chi connectivity index (χ1n) is 17.8. The van der Waals surface area contributed by atoms with Crippen LogP contribution in [-0.4, -0.2) is 92.3 Å². The average molecular weight is 666 g/mol. The van der Waals surface area contributed by atoms with Gasteiger partial charge >= 0.3 is 5.97 Å². The number of aromatic carboxylic acids is 1. The molecule has 0 aliphatic carbocycles. The molecule has 4 aliphatic heterocycles. The predicted molar refractivity (Wildman–Crippen MR) is 186 cm³/mol. The van der Waals surface area contributed by atoms with E-state index in [4.69, 9.17) is 5.10 Å². The highest BCUT2D eigenvalue weighted by molar-refractivity contribution is 5.86. The van der Waals surface area contributed by atoms with E-state index in [1.165, 1.54) is 29.2 Å². The Balaban J connectivity index is 1.06. The molecule has 1 N–H and O–H groups in total. The van der Waals surface area contributed by atoms with Crippen molar-refractivity contribution in [2.75, 3.05) is 55.6 Å². The van der Waals surface area contributed by atoms with Crippen LogP contribution in [0.4, 0.5) is 17.5 Å². The van der Waals surface area contributed by atoms with Gasteiger partial charge < -0.3 is 24.7 Å². The lowest BCUT2D eigenvalue weighted by molar-refractivity contribution is -0.129. The van der Waals surface area contributed by atoms with Crippen molar-refractivity contribution in [2.45, 2.75) is 72.4 Å². The SMILES string of the molecule is CC(=O)N1CCc2c(c(N3CCCc4cc(C#N)c(C)cc43)nn2C2CCN(CC3[C@H](C)CN(c4ncc(C(=O)O)cn4)C[C@@H]3C)CC2)C1. The molecule has 1 aromatic carbocycles. The van der Waals surface area contributed by atoms with Crippen LogP contribution in [-0.2, 0) is 24.2 Å². The van der Waals surface area contributed by atoms with Crippen LogP contribution in [0.1, 0.15) is 84.4 Å². The summed E-state index contributed by atoms with van der Waals surface area (Å²) >= 11 is 0. The zero-order valence-corrected chi connectivity index (χ0v) is 29.1. The number of carboxylic acid groups (broad SMARTS) is 1. The van der Waals surface area contributed by atoms with Gasteiger partial charge in [-0.3, -0.25) is 9.48 Å². The number of nitrogens with zero attached hydrogens (tertiary/aromatic N) is 9. The summed E-state index contributed by atoms with van der Waals surface area (Å²) in [5.41, 5.74) is 6.61. The van der Waals surface area contributed by atoms with E-state index in [2.05, 4.69) is 61.4 Å². The van der Waals surface area contributed by atoms with E-state index in [1.54, 1.807) is 6.92 Å². The number of carboxylic acids is 1. The van der Waals surface area contributed by atoms with Gasteiger partial charge in [-0.25, -0.2) is 14.8 Å². The van der Waals surface area contributed by atoms with E-state index in [9.17, 15) is 20.0 Å². The standard InChI is InChI=1S/C37H47N9O3/c1-23-14-34-27(15-28(23)16-38)6-5-10-45(34)35-32-22-43(26(4)47)13-9-33(32)46(41-35)30-7-11-42(12-8-30)21-31-24(2)19-44(20-25(31)3)37-39-17-29(18-40-37)36(48)49/h14-15,17-18,24-25,30-31H,5-13,19-22H2,1-4H3,(H,48,49)/t24-,25+,31?. The molecule has 2 aromatic heterocycles. The highest BCUT2D eigenvalue weighted by Gasteiger charge is 2.37. The number of nitriles is 1. The molecule has 49 heavy (non-hydrogen) atoms. The molecule has 0 saturated carbocycles. The minimum Gasteiger partial charge on any atom is -0.478 e. The van der Waals surface area contributed by atoms with Gasteiger partial charge in [-0.15, -0.1) is 0 Å². The maximum atomic E-state index is 12.5. The molecule has 12 nitrogen and oxygen atoms in total. The number of anilines is 3. The number of piperidine rings is 2. The molecule has 2 fully saturated rings. The number of hydrogen-bond acceptors (Lipinski definition) is 9. The van der Waals surface area contributed by atoms with Crippen molar-refractivity contribution >= 4 is 29.3 Å². The Labute approximate surface area is 288 Å². The molecular formula is C37H47N9O3. The number of likely N-dealkylation sites (tertiary alicyclic amines) is 1. The number of amides is 1. The second-order valence-electron chi connectivity index (χ2n) is 14.7. The molecule has 258 valence electrons. The van der Waals surface area contributed by atoms with Crippen molar-refractivity contribution in [3.63, 3.8) is 0 Å². The summed E-state index contributed by atoms with van der Waals surface area (Å²) < 4.78 is 2.32. The van der Waals surface area contributed by atoms with Gasteiger partial charge in [-0.1, -0.05) is 13.8 Å². The lowest BCUT2D eigenvalue weighted by atomic mass is 9.79. The first kappa shape index (κ1) is 33.0. The predicted octanol–water partition coefficient (Wildman–Crippen LogP) is 4.59. The molecule has 12 heteroatoms. The number of aromatic nitrogens is 4. The van der Waals surface area contributed by atoms with Crippen LogP contribution in [0.3, 0.4) is 0 Å². The molecular weight excluding hydrogens is 618 g/mol. The summed E-state index contributed by atoms with van der Waals surface area (Å²) in [5.74, 6) is 2.13. The van der Waals surface area contributed by atoms with Gasteiger partial charge in [0.15, 0.2) is 5.82 Å². The minimum absolute atomic E-state index is 0.101. The fourth-order valence-corrected chi connectivity index (χ4v) is 8.66. The van der Waals surface area contributed by atoms with Gasteiger partial charge in [0.25, 0.3) is 0 Å². The van der Waals surface area contributed by atoms with Crippen LogP contribution in [0.15, 0.2) is 24.5 Å². The van der Waals surface area contributed by atoms with Gasteiger partial charge in [-0.2, -0.15) is 10.4 Å². The Morgan fingerprint density at radius 1 is 1.02 bits per heavy atom.